The molecule has 0 fully saturated rings. The van der Waals surface area contributed by atoms with Gasteiger partial charge < -0.3 is 16.2 Å². The molecule has 0 aliphatic heterocycles. The standard InChI is InChI=1S/C7H16N2O2/c1-5(2)6(10)4-9-7(11)3-8/h5-6,10H,3-4,8H2,1-2H3,(H,9,11). The van der Waals surface area contributed by atoms with Crippen molar-refractivity contribution in [3.05, 3.63) is 0 Å². The van der Waals surface area contributed by atoms with Gasteiger partial charge in [0.1, 0.15) is 0 Å². The molecule has 0 saturated carbocycles. The molecule has 0 aromatic carbocycles. The van der Waals surface area contributed by atoms with Crippen molar-refractivity contribution in [1.29, 1.82) is 0 Å². The number of rotatable bonds is 4. The van der Waals surface area contributed by atoms with Crippen LogP contribution in [0.2, 0.25) is 0 Å². The van der Waals surface area contributed by atoms with Gasteiger partial charge >= 0.3 is 0 Å². The fraction of sp³-hybridized carbons (Fsp3) is 0.857. The minimum atomic E-state index is -0.481. The molecule has 0 aromatic heterocycles. The van der Waals surface area contributed by atoms with Crippen LogP contribution in [0.3, 0.4) is 0 Å². The van der Waals surface area contributed by atoms with Gasteiger partial charge in [0.05, 0.1) is 12.6 Å². The number of carbonyl (C=O) groups is 1. The molecule has 4 nitrogen and oxygen atoms in total. The number of nitrogens with one attached hydrogen (secondary N) is 1. The molecule has 0 saturated heterocycles. The van der Waals surface area contributed by atoms with Gasteiger partial charge in [0.2, 0.25) is 5.91 Å². The number of hydrogen-bond acceptors (Lipinski definition) is 3. The number of amides is 1. The summed E-state index contributed by atoms with van der Waals surface area (Å²) in [6.45, 7) is 4.04. The van der Waals surface area contributed by atoms with Crippen molar-refractivity contribution in [3.63, 3.8) is 0 Å². The lowest BCUT2D eigenvalue weighted by Crippen LogP contribution is -2.37. The molecule has 0 spiro atoms. The Bertz CT molecular complexity index is 126. The van der Waals surface area contributed by atoms with E-state index in [2.05, 4.69) is 5.32 Å². The monoisotopic (exact) mass is 160 g/mol. The summed E-state index contributed by atoms with van der Waals surface area (Å²) in [5, 5.41) is 11.7. The molecule has 0 heterocycles. The van der Waals surface area contributed by atoms with Gasteiger partial charge in [-0.2, -0.15) is 0 Å². The van der Waals surface area contributed by atoms with Gasteiger partial charge in [-0.05, 0) is 5.92 Å². The molecule has 0 aromatic rings. The normalized spacial score (nSPS) is 13.2. The highest BCUT2D eigenvalue weighted by Gasteiger charge is 2.09. The highest BCUT2D eigenvalue weighted by atomic mass is 16.3. The maximum absolute atomic E-state index is 10.6. The van der Waals surface area contributed by atoms with E-state index in [-0.39, 0.29) is 24.9 Å². The summed E-state index contributed by atoms with van der Waals surface area (Å²) in [6.07, 6.45) is -0.481. The predicted molar refractivity (Wildman–Crippen MR) is 42.9 cm³/mol. The lowest BCUT2D eigenvalue weighted by molar-refractivity contribution is -0.120. The fourth-order valence-corrected chi connectivity index (χ4v) is 0.526. The summed E-state index contributed by atoms with van der Waals surface area (Å²) in [5.74, 6) is -0.0715. The van der Waals surface area contributed by atoms with Crippen LogP contribution in [-0.4, -0.2) is 30.2 Å². The molecule has 66 valence electrons. The van der Waals surface area contributed by atoms with E-state index in [1.165, 1.54) is 0 Å². The van der Waals surface area contributed by atoms with Crippen LogP contribution in [0.4, 0.5) is 0 Å². The summed E-state index contributed by atoms with van der Waals surface area (Å²) in [5.41, 5.74) is 5.04. The Morgan fingerprint density at radius 2 is 2.18 bits per heavy atom. The number of aliphatic hydroxyl groups excluding tert-OH is 1. The molecule has 4 N–H and O–H groups in total. The molecule has 0 aliphatic carbocycles. The second-order valence-corrected chi connectivity index (χ2v) is 2.82. The predicted octanol–water partition coefficient (Wildman–Crippen LogP) is -0.922. The van der Waals surface area contributed by atoms with Gasteiger partial charge in [0.25, 0.3) is 0 Å². The van der Waals surface area contributed by atoms with Crippen LogP contribution in [0.5, 0.6) is 0 Å². The average Bonchev–Trinajstić information content (AvgIpc) is 1.99. The van der Waals surface area contributed by atoms with Gasteiger partial charge in [-0.3, -0.25) is 4.79 Å². The smallest absolute Gasteiger partial charge is 0.233 e. The Kier molecular flexibility index (Phi) is 4.81. The van der Waals surface area contributed by atoms with E-state index in [4.69, 9.17) is 5.73 Å². The van der Waals surface area contributed by atoms with Crippen LogP contribution < -0.4 is 11.1 Å². The molecular formula is C7H16N2O2. The van der Waals surface area contributed by atoms with Gasteiger partial charge in [-0.15, -0.1) is 0 Å². The van der Waals surface area contributed by atoms with Crippen molar-refractivity contribution >= 4 is 5.91 Å². The Hall–Kier alpha value is -0.610. The summed E-state index contributed by atoms with van der Waals surface area (Å²) < 4.78 is 0. The summed E-state index contributed by atoms with van der Waals surface area (Å²) in [7, 11) is 0. The zero-order valence-electron chi connectivity index (χ0n) is 7.00. The topological polar surface area (TPSA) is 75.3 Å². The van der Waals surface area contributed by atoms with Crippen LogP contribution in [-0.2, 0) is 4.79 Å². The first-order chi connectivity index (χ1) is 5.07. The molecule has 0 rings (SSSR count). The first-order valence-electron chi connectivity index (χ1n) is 3.72. The SMILES string of the molecule is CC(C)C(O)CNC(=O)CN. The van der Waals surface area contributed by atoms with Crippen molar-refractivity contribution in [2.75, 3.05) is 13.1 Å². The Balaban J connectivity index is 3.45. The zero-order valence-corrected chi connectivity index (χ0v) is 7.00. The molecule has 1 unspecified atom stereocenters. The van der Waals surface area contributed by atoms with Crippen LogP contribution in [0.25, 0.3) is 0 Å². The number of aliphatic hydroxyl groups is 1. The first-order valence-corrected chi connectivity index (χ1v) is 3.72. The van der Waals surface area contributed by atoms with Gasteiger partial charge in [-0.25, -0.2) is 0 Å². The lowest BCUT2D eigenvalue weighted by atomic mass is 10.1. The molecule has 11 heavy (non-hydrogen) atoms. The lowest BCUT2D eigenvalue weighted by Gasteiger charge is -2.14. The molecule has 0 aliphatic rings. The third-order valence-corrected chi connectivity index (χ3v) is 1.46. The minimum absolute atomic E-state index is 0.0230. The van der Waals surface area contributed by atoms with Crippen LogP contribution >= 0.6 is 0 Å². The van der Waals surface area contributed by atoms with Crippen molar-refractivity contribution in [2.24, 2.45) is 11.7 Å². The van der Waals surface area contributed by atoms with Crippen LogP contribution in [0, 0.1) is 5.92 Å². The maximum Gasteiger partial charge on any atom is 0.233 e. The van der Waals surface area contributed by atoms with E-state index in [9.17, 15) is 9.90 Å². The largest absolute Gasteiger partial charge is 0.391 e. The first kappa shape index (κ1) is 10.4. The molecule has 1 atom stereocenters. The van der Waals surface area contributed by atoms with Gasteiger partial charge in [0, 0.05) is 6.54 Å². The van der Waals surface area contributed by atoms with E-state index < -0.39 is 6.10 Å². The molecule has 0 radical (unpaired) electrons. The van der Waals surface area contributed by atoms with E-state index in [0.717, 1.165) is 0 Å². The third-order valence-electron chi connectivity index (χ3n) is 1.46. The number of nitrogens with two attached hydrogens (primary N) is 1. The van der Waals surface area contributed by atoms with Crippen molar-refractivity contribution in [3.8, 4) is 0 Å². The van der Waals surface area contributed by atoms with Crippen LogP contribution in [0.1, 0.15) is 13.8 Å². The maximum atomic E-state index is 10.6. The van der Waals surface area contributed by atoms with E-state index >= 15 is 0 Å². The van der Waals surface area contributed by atoms with Gasteiger partial charge in [-0.1, -0.05) is 13.8 Å². The second kappa shape index (κ2) is 5.09. The fourth-order valence-electron chi connectivity index (χ4n) is 0.526. The Morgan fingerprint density at radius 3 is 2.55 bits per heavy atom. The summed E-state index contributed by atoms with van der Waals surface area (Å²) in [4.78, 5) is 10.6. The third kappa shape index (κ3) is 4.75. The zero-order chi connectivity index (χ0) is 8.85. The quantitative estimate of drug-likeness (QED) is 0.498. The van der Waals surface area contributed by atoms with Crippen molar-refractivity contribution in [2.45, 2.75) is 20.0 Å². The molecular weight excluding hydrogens is 144 g/mol. The highest BCUT2D eigenvalue weighted by Crippen LogP contribution is 1.98. The Labute approximate surface area is 66.8 Å². The summed E-state index contributed by atoms with van der Waals surface area (Å²) >= 11 is 0. The highest BCUT2D eigenvalue weighted by molar-refractivity contribution is 5.77. The average molecular weight is 160 g/mol. The minimum Gasteiger partial charge on any atom is -0.391 e. The van der Waals surface area contributed by atoms with Crippen LogP contribution in [0.15, 0.2) is 0 Å². The summed E-state index contributed by atoms with van der Waals surface area (Å²) in [6, 6.07) is 0. The molecule has 0 bridgehead atoms. The molecule has 1 amide bonds. The van der Waals surface area contributed by atoms with E-state index in [1.807, 2.05) is 13.8 Å². The molecule has 4 heteroatoms. The van der Waals surface area contributed by atoms with Crippen molar-refractivity contribution < 1.29 is 9.90 Å². The van der Waals surface area contributed by atoms with E-state index in [1.54, 1.807) is 0 Å². The second-order valence-electron chi connectivity index (χ2n) is 2.82. The number of hydrogen-bond donors (Lipinski definition) is 3. The van der Waals surface area contributed by atoms with E-state index in [0.29, 0.717) is 0 Å². The van der Waals surface area contributed by atoms with Crippen molar-refractivity contribution in [1.82, 2.24) is 5.32 Å². The number of carbonyl (C=O) groups excluding carboxylic acids is 1. The van der Waals surface area contributed by atoms with Gasteiger partial charge in [0.15, 0.2) is 0 Å². The Morgan fingerprint density at radius 1 is 1.64 bits per heavy atom.